The maximum Gasteiger partial charge on any atom is 0.185 e. The van der Waals surface area contributed by atoms with Gasteiger partial charge >= 0.3 is 0 Å². The molecule has 2 unspecified atom stereocenters. The highest BCUT2D eigenvalue weighted by atomic mass is 32.1. The van der Waals surface area contributed by atoms with Crippen LogP contribution in [0.1, 0.15) is 39.5 Å². The summed E-state index contributed by atoms with van der Waals surface area (Å²) < 4.78 is 0. The van der Waals surface area contributed by atoms with Gasteiger partial charge < -0.3 is 4.90 Å². The van der Waals surface area contributed by atoms with Crippen LogP contribution in [0.2, 0.25) is 0 Å². The monoisotopic (exact) mass is 274 g/mol. The summed E-state index contributed by atoms with van der Waals surface area (Å²) in [5, 5.41) is 1.02. The van der Waals surface area contributed by atoms with Crippen LogP contribution in [0.4, 0.5) is 0 Å². The lowest BCUT2D eigenvalue weighted by Crippen LogP contribution is -2.47. The van der Waals surface area contributed by atoms with Gasteiger partial charge in [0.05, 0.1) is 0 Å². The highest BCUT2D eigenvalue weighted by Crippen LogP contribution is 2.18. The summed E-state index contributed by atoms with van der Waals surface area (Å²) in [6.07, 6.45) is 4.43. The summed E-state index contributed by atoms with van der Waals surface area (Å²) in [4.78, 5) is 10.2. The molecule has 1 aliphatic heterocycles. The Labute approximate surface area is 115 Å². The van der Waals surface area contributed by atoms with Gasteiger partial charge in [0.25, 0.3) is 0 Å². The Hall–Kier alpha value is -0.200. The maximum absolute atomic E-state index is 5.95. The molecule has 6 heteroatoms. The van der Waals surface area contributed by atoms with Gasteiger partial charge in [-0.05, 0) is 12.3 Å². The van der Waals surface area contributed by atoms with E-state index in [2.05, 4.69) is 49.1 Å². The zero-order valence-electron chi connectivity index (χ0n) is 10.5. The van der Waals surface area contributed by atoms with Crippen molar-refractivity contribution in [3.05, 3.63) is 0 Å². The number of aliphatic imine (C=N–C) groups is 2. The first-order chi connectivity index (χ1) is 8.08. The lowest BCUT2D eigenvalue weighted by Gasteiger charge is -2.32. The molecule has 17 heavy (non-hydrogen) atoms. The molecular formula is C11H22N4S2. The molecule has 0 radical (unpaired) electrons. The second-order valence-corrected chi connectivity index (χ2v) is 5.12. The molecule has 1 aliphatic rings. The fourth-order valence-corrected chi connectivity index (χ4v) is 2.46. The summed E-state index contributed by atoms with van der Waals surface area (Å²) in [7, 11) is 0. The highest BCUT2D eigenvalue weighted by molar-refractivity contribution is 7.98. The van der Waals surface area contributed by atoms with Crippen LogP contribution in [-0.2, 0) is 0 Å². The molecule has 0 amide bonds. The van der Waals surface area contributed by atoms with E-state index in [1.807, 2.05) is 4.90 Å². The number of amidine groups is 2. The average Bonchev–Trinajstić information content (AvgIpc) is 2.27. The van der Waals surface area contributed by atoms with Gasteiger partial charge in [0, 0.05) is 6.54 Å². The molecule has 0 bridgehead atoms. The van der Waals surface area contributed by atoms with Crippen molar-refractivity contribution in [3.63, 3.8) is 0 Å². The van der Waals surface area contributed by atoms with Gasteiger partial charge in [0.1, 0.15) is 0 Å². The molecule has 2 N–H and O–H groups in total. The molecule has 0 aliphatic carbocycles. The Morgan fingerprint density at radius 2 is 2.12 bits per heavy atom. The van der Waals surface area contributed by atoms with Crippen molar-refractivity contribution in [3.8, 4) is 0 Å². The molecule has 98 valence electrons. The summed E-state index contributed by atoms with van der Waals surface area (Å²) >= 11 is 8.44. The van der Waals surface area contributed by atoms with E-state index >= 15 is 0 Å². The van der Waals surface area contributed by atoms with Gasteiger partial charge in [-0.1, -0.05) is 33.1 Å². The van der Waals surface area contributed by atoms with Crippen LogP contribution in [0.3, 0.4) is 0 Å². The van der Waals surface area contributed by atoms with Gasteiger partial charge in [-0.2, -0.15) is 4.99 Å². The van der Waals surface area contributed by atoms with E-state index in [4.69, 9.17) is 5.73 Å². The van der Waals surface area contributed by atoms with Crippen LogP contribution in [0.5, 0.6) is 0 Å². The molecule has 0 aromatic carbocycles. The Morgan fingerprint density at radius 1 is 1.41 bits per heavy atom. The van der Waals surface area contributed by atoms with Crippen molar-refractivity contribution in [2.75, 3.05) is 6.54 Å². The molecule has 0 aromatic heterocycles. The fraction of sp³-hybridized carbons (Fsp3) is 0.818. The van der Waals surface area contributed by atoms with E-state index in [9.17, 15) is 0 Å². The Morgan fingerprint density at radius 3 is 2.65 bits per heavy atom. The molecule has 0 spiro atoms. The van der Waals surface area contributed by atoms with Crippen molar-refractivity contribution in [1.29, 1.82) is 0 Å². The van der Waals surface area contributed by atoms with Gasteiger partial charge in [-0.25, -0.2) is 4.99 Å². The molecule has 0 fully saturated rings. The predicted octanol–water partition coefficient (Wildman–Crippen LogP) is 2.33. The van der Waals surface area contributed by atoms with Crippen molar-refractivity contribution in [1.82, 2.24) is 4.90 Å². The normalized spacial score (nSPS) is 22.2. The third kappa shape index (κ3) is 4.52. The topological polar surface area (TPSA) is 54.0 Å². The first-order valence-corrected chi connectivity index (χ1v) is 7.04. The number of hydrogen-bond donors (Lipinski definition) is 3. The summed E-state index contributed by atoms with van der Waals surface area (Å²) in [6.45, 7) is 5.28. The number of unbranched alkanes of at least 4 members (excludes halogenated alkanes) is 1. The van der Waals surface area contributed by atoms with Crippen LogP contribution in [0.15, 0.2) is 9.98 Å². The number of thiol groups is 2. The van der Waals surface area contributed by atoms with Crippen LogP contribution in [0.25, 0.3) is 0 Å². The van der Waals surface area contributed by atoms with Gasteiger partial charge in [-0.3, -0.25) is 5.73 Å². The number of hydrogen-bond acceptors (Lipinski definition) is 4. The minimum atomic E-state index is -0.400. The lowest BCUT2D eigenvalue weighted by atomic mass is 9.99. The minimum Gasteiger partial charge on any atom is -0.317 e. The Kier molecular flexibility index (Phi) is 6.37. The second-order valence-electron chi connectivity index (χ2n) is 4.32. The summed E-state index contributed by atoms with van der Waals surface area (Å²) in [5.74, 6) is 0.620. The third-order valence-electron chi connectivity index (χ3n) is 3.02. The van der Waals surface area contributed by atoms with Crippen molar-refractivity contribution < 1.29 is 0 Å². The van der Waals surface area contributed by atoms with Crippen LogP contribution < -0.4 is 5.73 Å². The van der Waals surface area contributed by atoms with Crippen molar-refractivity contribution in [2.24, 2.45) is 21.6 Å². The molecule has 1 heterocycles. The standard InChI is InChI=1S/C11H22N4S2/c1-3-5-6-8(4-2)7-15-9(12)13-10(16)14-11(15)17/h8-9H,3-7,12H2,1-2H3,(H2,13,14,16,17). The summed E-state index contributed by atoms with van der Waals surface area (Å²) in [5.41, 5.74) is 5.95. The van der Waals surface area contributed by atoms with Gasteiger partial charge in [-0.15, -0.1) is 25.3 Å². The predicted molar refractivity (Wildman–Crippen MR) is 80.8 cm³/mol. The van der Waals surface area contributed by atoms with E-state index in [0.29, 0.717) is 16.3 Å². The summed E-state index contributed by atoms with van der Waals surface area (Å²) in [6, 6.07) is 0. The van der Waals surface area contributed by atoms with Crippen LogP contribution in [-0.4, -0.2) is 28.1 Å². The second kappa shape index (κ2) is 7.28. The smallest absolute Gasteiger partial charge is 0.185 e. The molecule has 4 nitrogen and oxygen atoms in total. The largest absolute Gasteiger partial charge is 0.317 e. The Bertz CT molecular complexity index is 304. The fourth-order valence-electron chi connectivity index (χ4n) is 1.87. The van der Waals surface area contributed by atoms with Crippen LogP contribution >= 0.6 is 25.3 Å². The van der Waals surface area contributed by atoms with Gasteiger partial charge in [0.15, 0.2) is 16.6 Å². The molecule has 0 saturated carbocycles. The van der Waals surface area contributed by atoms with Crippen molar-refractivity contribution >= 4 is 35.6 Å². The third-order valence-corrected chi connectivity index (χ3v) is 3.59. The Balaban J connectivity index is 2.58. The average molecular weight is 274 g/mol. The first-order valence-electron chi connectivity index (χ1n) is 6.15. The maximum atomic E-state index is 5.95. The van der Waals surface area contributed by atoms with Crippen LogP contribution in [0, 0.1) is 5.92 Å². The van der Waals surface area contributed by atoms with E-state index in [-0.39, 0.29) is 0 Å². The zero-order chi connectivity index (χ0) is 12.8. The van der Waals surface area contributed by atoms with Gasteiger partial charge in [0.2, 0.25) is 0 Å². The SMILES string of the molecule is CCCCC(CC)CN1C(S)=NC(S)=NC1N. The van der Waals surface area contributed by atoms with E-state index in [1.54, 1.807) is 0 Å². The number of rotatable bonds is 6. The lowest BCUT2D eigenvalue weighted by molar-refractivity contribution is 0.262. The quantitative estimate of drug-likeness (QED) is 0.651. The molecule has 0 saturated heterocycles. The molecule has 0 aromatic rings. The molecule has 1 rings (SSSR count). The minimum absolute atomic E-state index is 0.400. The highest BCUT2D eigenvalue weighted by Gasteiger charge is 2.23. The van der Waals surface area contributed by atoms with E-state index in [1.165, 1.54) is 19.3 Å². The van der Waals surface area contributed by atoms with E-state index < -0.39 is 6.29 Å². The van der Waals surface area contributed by atoms with Crippen molar-refractivity contribution in [2.45, 2.75) is 45.8 Å². The zero-order valence-corrected chi connectivity index (χ0v) is 12.3. The number of nitrogens with zero attached hydrogens (tertiary/aromatic N) is 3. The molecule has 2 atom stereocenters. The van der Waals surface area contributed by atoms with E-state index in [0.717, 1.165) is 13.0 Å². The molecular weight excluding hydrogens is 252 g/mol. The number of nitrogens with two attached hydrogens (primary N) is 1. The first kappa shape index (κ1) is 14.9.